The maximum Gasteiger partial charge on any atom is 0.246 e. The van der Waals surface area contributed by atoms with Gasteiger partial charge in [0.1, 0.15) is 17.4 Å². The van der Waals surface area contributed by atoms with Crippen molar-refractivity contribution in [3.8, 4) is 11.1 Å². The molecule has 0 radical (unpaired) electrons. The fourth-order valence-corrected chi connectivity index (χ4v) is 5.87. The number of rotatable bonds is 4. The molecule has 0 amide bonds. The lowest BCUT2D eigenvalue weighted by molar-refractivity contribution is 0.389. The van der Waals surface area contributed by atoms with Crippen LogP contribution in [0.5, 0.6) is 0 Å². The van der Waals surface area contributed by atoms with E-state index < -0.39 is 27.0 Å². The van der Waals surface area contributed by atoms with E-state index in [1.54, 1.807) is 13.8 Å². The molecule has 0 saturated heterocycles. The van der Waals surface area contributed by atoms with Crippen LogP contribution in [0.3, 0.4) is 0 Å². The van der Waals surface area contributed by atoms with Crippen LogP contribution in [0.1, 0.15) is 41.2 Å². The van der Waals surface area contributed by atoms with Crippen molar-refractivity contribution in [2.75, 3.05) is 6.26 Å². The van der Waals surface area contributed by atoms with E-state index in [4.69, 9.17) is 10.3 Å². The number of amidine groups is 1. The van der Waals surface area contributed by atoms with Gasteiger partial charge in [0.05, 0.1) is 11.2 Å². The van der Waals surface area contributed by atoms with Crippen molar-refractivity contribution >= 4 is 26.8 Å². The van der Waals surface area contributed by atoms with Crippen molar-refractivity contribution in [1.82, 2.24) is 15.1 Å². The molecule has 0 unspecified atom stereocenters. The average molecular weight is 494 g/mol. The van der Waals surface area contributed by atoms with Gasteiger partial charge < -0.3 is 10.3 Å². The van der Waals surface area contributed by atoms with Gasteiger partial charge in [-0.05, 0) is 33.3 Å². The number of halogens is 2. The molecule has 0 spiro atoms. The number of nitrogens with zero attached hydrogens (tertiary/aromatic N) is 4. The topological polar surface area (TPSA) is 124 Å². The molecule has 2 N–H and O–H groups in total. The molecular formula is C21H21F2N5O3S2. The van der Waals surface area contributed by atoms with Crippen molar-refractivity contribution in [2.45, 2.75) is 43.1 Å². The summed E-state index contributed by atoms with van der Waals surface area (Å²) in [5.41, 5.74) is 6.97. The largest absolute Gasteiger partial charge is 0.378 e. The molecule has 4 rings (SSSR count). The summed E-state index contributed by atoms with van der Waals surface area (Å²) in [6.45, 7) is 5.35. The summed E-state index contributed by atoms with van der Waals surface area (Å²) in [6, 6.07) is 2.12. The first-order valence-corrected chi connectivity index (χ1v) is 12.6. The van der Waals surface area contributed by atoms with E-state index in [1.807, 2.05) is 6.92 Å². The molecule has 1 aromatic carbocycles. The van der Waals surface area contributed by atoms with Gasteiger partial charge in [-0.3, -0.25) is 4.99 Å². The second-order valence-electron chi connectivity index (χ2n) is 8.11. The van der Waals surface area contributed by atoms with Crippen molar-refractivity contribution < 1.29 is 21.7 Å². The van der Waals surface area contributed by atoms with E-state index in [0.717, 1.165) is 17.9 Å². The van der Waals surface area contributed by atoms with E-state index in [9.17, 15) is 12.8 Å². The average Bonchev–Trinajstić information content (AvgIpc) is 3.05. The Bertz CT molecular complexity index is 1350. The van der Waals surface area contributed by atoms with Gasteiger partial charge in [0.2, 0.25) is 15.0 Å². The number of benzene rings is 1. The van der Waals surface area contributed by atoms with Gasteiger partial charge in [0.25, 0.3) is 0 Å². The number of aromatic nitrogens is 3. The summed E-state index contributed by atoms with van der Waals surface area (Å²) in [6.07, 6.45) is 3.71. The maximum atomic E-state index is 15.1. The molecule has 1 aliphatic heterocycles. The van der Waals surface area contributed by atoms with Gasteiger partial charge in [-0.15, -0.1) is 0 Å². The molecular weight excluding hydrogens is 472 g/mol. The van der Waals surface area contributed by atoms with Crippen molar-refractivity contribution in [3.63, 3.8) is 0 Å². The highest BCUT2D eigenvalue weighted by Gasteiger charge is 2.39. The van der Waals surface area contributed by atoms with Crippen molar-refractivity contribution in [3.05, 3.63) is 58.7 Å². The maximum absolute atomic E-state index is 15.1. The van der Waals surface area contributed by atoms with E-state index in [-0.39, 0.29) is 32.3 Å². The van der Waals surface area contributed by atoms with Crippen LogP contribution >= 0.6 is 11.8 Å². The molecule has 2 aromatic heterocycles. The highest BCUT2D eigenvalue weighted by Crippen LogP contribution is 2.49. The molecule has 1 aliphatic rings. The predicted octanol–water partition coefficient (Wildman–Crippen LogP) is 3.84. The SMILES string of the molecule is Cc1noc(C)c1[C@@H]1C[C@@](C)(c2cc(-c3cnc(S(C)(=O)=O)nc3)c(F)cc2F)N=C(N)S1. The number of hydrogen-bond acceptors (Lipinski definition) is 9. The smallest absolute Gasteiger partial charge is 0.246 e. The third-order valence-corrected chi connectivity index (χ3v) is 7.41. The highest BCUT2D eigenvalue weighted by atomic mass is 32.2. The third kappa shape index (κ3) is 4.36. The van der Waals surface area contributed by atoms with Crippen LogP contribution in [0.25, 0.3) is 11.1 Å². The molecule has 2 atom stereocenters. The van der Waals surface area contributed by atoms with E-state index in [2.05, 4.69) is 20.1 Å². The van der Waals surface area contributed by atoms with E-state index in [1.165, 1.54) is 30.2 Å². The predicted molar refractivity (Wildman–Crippen MR) is 120 cm³/mol. The van der Waals surface area contributed by atoms with E-state index >= 15 is 4.39 Å². The summed E-state index contributed by atoms with van der Waals surface area (Å²) < 4.78 is 58.3. The normalized spacial score (nSPS) is 21.2. The fraction of sp³-hybridized carbons (Fsp3) is 0.333. The first kappa shape index (κ1) is 23.3. The summed E-state index contributed by atoms with van der Waals surface area (Å²) in [7, 11) is -3.62. The van der Waals surface area contributed by atoms with Gasteiger partial charge in [0.15, 0.2) is 5.17 Å². The number of thioether (sulfide) groups is 1. The van der Waals surface area contributed by atoms with Crippen molar-refractivity contribution in [1.29, 1.82) is 0 Å². The zero-order chi connectivity index (χ0) is 24.1. The lowest BCUT2D eigenvalue weighted by Gasteiger charge is -2.35. The minimum Gasteiger partial charge on any atom is -0.378 e. The monoisotopic (exact) mass is 493 g/mol. The minimum absolute atomic E-state index is 0.0218. The van der Waals surface area contributed by atoms with Gasteiger partial charge in [-0.1, -0.05) is 16.9 Å². The molecule has 33 heavy (non-hydrogen) atoms. The van der Waals surface area contributed by atoms with Crippen LogP contribution in [0.4, 0.5) is 8.78 Å². The standard InChI is InChI=1S/C21H21F2N5O3S2/c1-10-18(11(2)31-28-10)17-7-21(3,27-19(24)32-17)14-5-13(15(22)6-16(14)23)12-8-25-20(26-9-12)33(4,29)30/h5-6,8-9,17H,7H2,1-4H3,(H2,24,27)/t17-,21-/m0/s1. The molecule has 8 nitrogen and oxygen atoms in total. The zero-order valence-electron chi connectivity index (χ0n) is 18.3. The van der Waals surface area contributed by atoms with Crippen LogP contribution in [-0.2, 0) is 15.4 Å². The Morgan fingerprint density at radius 1 is 1.18 bits per heavy atom. The first-order chi connectivity index (χ1) is 15.4. The van der Waals surface area contributed by atoms with E-state index in [0.29, 0.717) is 17.9 Å². The first-order valence-electron chi connectivity index (χ1n) is 9.86. The fourth-order valence-electron chi connectivity index (χ4n) is 3.97. The summed E-state index contributed by atoms with van der Waals surface area (Å²) >= 11 is 1.34. The number of nitrogens with two attached hydrogens (primary N) is 1. The second-order valence-corrected chi connectivity index (χ2v) is 11.2. The number of sulfone groups is 1. The molecule has 0 saturated carbocycles. The molecule has 0 aliphatic carbocycles. The number of aryl methyl sites for hydroxylation is 2. The van der Waals surface area contributed by atoms with Gasteiger partial charge in [-0.2, -0.15) is 0 Å². The molecule has 0 fully saturated rings. The van der Waals surface area contributed by atoms with Crippen LogP contribution in [-0.4, -0.2) is 35.0 Å². The molecule has 0 bridgehead atoms. The Labute approximate surface area is 193 Å². The van der Waals surface area contributed by atoms with Crippen LogP contribution in [0, 0.1) is 25.5 Å². The van der Waals surface area contributed by atoms with Gasteiger partial charge in [0, 0.05) is 52.2 Å². The highest BCUT2D eigenvalue weighted by molar-refractivity contribution is 8.14. The molecule has 174 valence electrons. The van der Waals surface area contributed by atoms with Crippen molar-refractivity contribution in [2.24, 2.45) is 10.7 Å². The Morgan fingerprint density at radius 2 is 1.85 bits per heavy atom. The Balaban J connectivity index is 1.79. The molecule has 12 heteroatoms. The minimum atomic E-state index is -3.62. The summed E-state index contributed by atoms with van der Waals surface area (Å²) in [5.74, 6) is -0.959. The lowest BCUT2D eigenvalue weighted by atomic mass is 9.84. The molecule has 3 heterocycles. The number of aliphatic imine (C=N–C) groups is 1. The Morgan fingerprint density at radius 3 is 2.42 bits per heavy atom. The Hall–Kier alpha value is -2.86. The van der Waals surface area contributed by atoms with Crippen LogP contribution < -0.4 is 5.73 Å². The van der Waals surface area contributed by atoms with Crippen LogP contribution in [0.15, 0.2) is 39.2 Å². The van der Waals surface area contributed by atoms with Gasteiger partial charge in [-0.25, -0.2) is 27.2 Å². The third-order valence-electron chi connectivity index (χ3n) is 5.52. The summed E-state index contributed by atoms with van der Waals surface area (Å²) in [4.78, 5) is 12.1. The van der Waals surface area contributed by atoms with Crippen LogP contribution in [0.2, 0.25) is 0 Å². The zero-order valence-corrected chi connectivity index (χ0v) is 19.9. The quantitative estimate of drug-likeness (QED) is 0.544. The summed E-state index contributed by atoms with van der Waals surface area (Å²) in [5, 5.41) is 3.68. The Kier molecular flexibility index (Phi) is 5.77. The molecule has 3 aromatic rings. The number of hydrogen-bond donors (Lipinski definition) is 1. The second kappa shape index (κ2) is 8.17. The van der Waals surface area contributed by atoms with Gasteiger partial charge >= 0.3 is 0 Å². The lowest BCUT2D eigenvalue weighted by Crippen LogP contribution is -2.31.